The van der Waals surface area contributed by atoms with Crippen molar-refractivity contribution in [2.24, 2.45) is 13.0 Å². The maximum absolute atomic E-state index is 12.8. The zero-order valence-electron chi connectivity index (χ0n) is 17.7. The highest BCUT2D eigenvalue weighted by Crippen LogP contribution is 2.29. The lowest BCUT2D eigenvalue weighted by atomic mass is 10.1. The molecule has 166 valence electrons. The largest absolute Gasteiger partial charge is 0.336 e. The van der Waals surface area contributed by atoms with Gasteiger partial charge in [0.05, 0.1) is 33.5 Å². The summed E-state index contributed by atoms with van der Waals surface area (Å²) >= 11 is 2.95. The fourth-order valence-corrected chi connectivity index (χ4v) is 7.40. The Bertz CT molecular complexity index is 1170. The Morgan fingerprint density at radius 1 is 1.35 bits per heavy atom. The van der Waals surface area contributed by atoms with Gasteiger partial charge >= 0.3 is 0 Å². The van der Waals surface area contributed by atoms with Gasteiger partial charge in [0.1, 0.15) is 10.8 Å². The third-order valence-corrected chi connectivity index (χ3v) is 9.74. The van der Waals surface area contributed by atoms with Crippen LogP contribution in [0.4, 0.5) is 0 Å². The number of para-hydroxylation sites is 1. The van der Waals surface area contributed by atoms with E-state index in [1.807, 2.05) is 42.8 Å². The number of carbonyl (C=O) groups excluding carboxylic acids is 1. The van der Waals surface area contributed by atoms with Gasteiger partial charge in [-0.1, -0.05) is 23.9 Å². The van der Waals surface area contributed by atoms with E-state index in [1.54, 1.807) is 23.3 Å². The molecule has 1 aromatic carbocycles. The van der Waals surface area contributed by atoms with Gasteiger partial charge in [-0.25, -0.2) is 13.4 Å². The summed E-state index contributed by atoms with van der Waals surface area (Å²) in [4.78, 5) is 19.1. The highest BCUT2D eigenvalue weighted by atomic mass is 32.2. The summed E-state index contributed by atoms with van der Waals surface area (Å²) in [5.74, 6) is 1.56. The van der Waals surface area contributed by atoms with Crippen molar-refractivity contribution >= 4 is 49.1 Å². The van der Waals surface area contributed by atoms with Crippen molar-refractivity contribution in [1.29, 1.82) is 0 Å². The van der Waals surface area contributed by atoms with Crippen molar-refractivity contribution in [2.75, 3.05) is 24.3 Å². The fourth-order valence-electron chi connectivity index (χ4n) is 3.62. The first-order chi connectivity index (χ1) is 14.7. The molecule has 1 saturated heterocycles. The van der Waals surface area contributed by atoms with Gasteiger partial charge in [0.15, 0.2) is 15.0 Å². The zero-order valence-corrected chi connectivity index (χ0v) is 20.1. The van der Waals surface area contributed by atoms with E-state index in [0.717, 1.165) is 21.0 Å². The van der Waals surface area contributed by atoms with E-state index < -0.39 is 9.84 Å². The number of amides is 1. The van der Waals surface area contributed by atoms with E-state index in [4.69, 9.17) is 0 Å². The SMILES string of the molecule is C[C@H](c1nc2ccccc2s1)N(C)C(=O)CSc1nnc(C[C@@H]2CCS(=O)(=O)C2)n1C. The van der Waals surface area contributed by atoms with Crippen LogP contribution in [0.2, 0.25) is 0 Å². The smallest absolute Gasteiger partial charge is 0.233 e. The summed E-state index contributed by atoms with van der Waals surface area (Å²) in [6, 6.07) is 7.84. The quantitative estimate of drug-likeness (QED) is 0.481. The number of benzene rings is 1. The summed E-state index contributed by atoms with van der Waals surface area (Å²) in [5, 5.41) is 9.99. The van der Waals surface area contributed by atoms with Crippen molar-refractivity contribution < 1.29 is 13.2 Å². The lowest BCUT2D eigenvalue weighted by Gasteiger charge is -2.23. The molecule has 2 aromatic heterocycles. The molecular formula is C20H25N5O3S3. The Hall–Kier alpha value is -1.98. The van der Waals surface area contributed by atoms with Gasteiger partial charge in [-0.05, 0) is 31.4 Å². The second-order valence-electron chi connectivity index (χ2n) is 7.92. The van der Waals surface area contributed by atoms with E-state index in [9.17, 15) is 13.2 Å². The Kier molecular flexibility index (Phi) is 6.36. The molecule has 4 rings (SSSR count). The molecule has 3 aromatic rings. The molecule has 0 radical (unpaired) electrons. The number of nitrogens with zero attached hydrogens (tertiary/aromatic N) is 5. The van der Waals surface area contributed by atoms with Crippen LogP contribution in [0.5, 0.6) is 0 Å². The lowest BCUT2D eigenvalue weighted by Crippen LogP contribution is -2.31. The topological polar surface area (TPSA) is 98.1 Å². The standard InChI is InChI=1S/C20H25N5O3S3/c1-13(19-21-15-6-4-5-7-16(15)30-19)24(2)18(26)11-29-20-23-22-17(25(20)3)10-14-8-9-31(27,28)12-14/h4-7,13-14H,8-12H2,1-3H3/t13-,14+/m1/s1. The molecule has 3 heterocycles. The maximum atomic E-state index is 12.8. The number of hydrogen-bond acceptors (Lipinski definition) is 8. The Morgan fingerprint density at radius 3 is 2.84 bits per heavy atom. The third-order valence-electron chi connectivity index (χ3n) is 5.69. The van der Waals surface area contributed by atoms with Crippen molar-refractivity contribution in [1.82, 2.24) is 24.6 Å². The van der Waals surface area contributed by atoms with Gasteiger partial charge < -0.3 is 9.47 Å². The molecule has 2 atom stereocenters. The van der Waals surface area contributed by atoms with Gasteiger partial charge in [-0.15, -0.1) is 21.5 Å². The van der Waals surface area contributed by atoms with Crippen LogP contribution < -0.4 is 0 Å². The minimum Gasteiger partial charge on any atom is -0.336 e. The highest BCUT2D eigenvalue weighted by molar-refractivity contribution is 7.99. The van der Waals surface area contributed by atoms with Crippen LogP contribution in [0, 0.1) is 5.92 Å². The average Bonchev–Trinajstić information content (AvgIpc) is 3.42. The summed E-state index contributed by atoms with van der Waals surface area (Å²) in [6.07, 6.45) is 1.26. The van der Waals surface area contributed by atoms with Crippen molar-refractivity contribution in [2.45, 2.75) is 31.0 Å². The lowest BCUT2D eigenvalue weighted by molar-refractivity contribution is -0.128. The van der Waals surface area contributed by atoms with Crippen LogP contribution in [0.3, 0.4) is 0 Å². The number of rotatable bonds is 7. The van der Waals surface area contributed by atoms with Crippen LogP contribution in [0.1, 0.15) is 30.2 Å². The maximum Gasteiger partial charge on any atom is 0.233 e. The second-order valence-corrected chi connectivity index (χ2v) is 12.2. The predicted octanol–water partition coefficient (Wildman–Crippen LogP) is 2.71. The molecule has 31 heavy (non-hydrogen) atoms. The molecule has 0 N–H and O–H groups in total. The number of sulfone groups is 1. The summed E-state index contributed by atoms with van der Waals surface area (Å²) in [7, 11) is 0.745. The Morgan fingerprint density at radius 2 is 2.13 bits per heavy atom. The van der Waals surface area contributed by atoms with Gasteiger partial charge in [0, 0.05) is 20.5 Å². The molecule has 1 fully saturated rings. The highest BCUT2D eigenvalue weighted by Gasteiger charge is 2.29. The fraction of sp³-hybridized carbons (Fsp3) is 0.500. The normalized spacial score (nSPS) is 19.0. The van der Waals surface area contributed by atoms with E-state index >= 15 is 0 Å². The molecule has 1 aliphatic rings. The Balaban J connectivity index is 1.35. The van der Waals surface area contributed by atoms with E-state index in [2.05, 4.69) is 15.2 Å². The van der Waals surface area contributed by atoms with Crippen molar-refractivity contribution in [3.05, 3.63) is 35.1 Å². The molecule has 0 spiro atoms. The zero-order chi connectivity index (χ0) is 22.2. The Labute approximate surface area is 190 Å². The van der Waals surface area contributed by atoms with Gasteiger partial charge in [0.2, 0.25) is 5.91 Å². The number of hydrogen-bond donors (Lipinski definition) is 0. The average molecular weight is 480 g/mol. The first kappa shape index (κ1) is 22.2. The predicted molar refractivity (Wildman–Crippen MR) is 123 cm³/mol. The molecular weight excluding hydrogens is 454 g/mol. The van der Waals surface area contributed by atoms with Gasteiger partial charge in [-0.3, -0.25) is 4.79 Å². The molecule has 0 saturated carbocycles. The van der Waals surface area contributed by atoms with Crippen LogP contribution in [0.15, 0.2) is 29.4 Å². The molecule has 11 heteroatoms. The minimum absolute atomic E-state index is 0.0109. The molecule has 0 aliphatic carbocycles. The first-order valence-corrected chi connectivity index (χ1v) is 13.7. The summed E-state index contributed by atoms with van der Waals surface area (Å²) < 4.78 is 26.3. The van der Waals surface area contributed by atoms with E-state index in [-0.39, 0.29) is 35.1 Å². The van der Waals surface area contributed by atoms with Gasteiger partial charge in [0.25, 0.3) is 0 Å². The monoisotopic (exact) mass is 479 g/mol. The van der Waals surface area contributed by atoms with E-state index in [0.29, 0.717) is 18.0 Å². The van der Waals surface area contributed by atoms with Crippen LogP contribution in [0.25, 0.3) is 10.2 Å². The van der Waals surface area contributed by atoms with Crippen molar-refractivity contribution in [3.63, 3.8) is 0 Å². The molecule has 1 aliphatic heterocycles. The van der Waals surface area contributed by atoms with Crippen LogP contribution in [-0.4, -0.2) is 63.3 Å². The molecule has 0 bridgehead atoms. The number of thiazole rings is 1. The minimum atomic E-state index is -2.91. The van der Waals surface area contributed by atoms with Gasteiger partial charge in [-0.2, -0.15) is 0 Å². The second kappa shape index (κ2) is 8.87. The van der Waals surface area contributed by atoms with Crippen LogP contribution in [-0.2, 0) is 28.1 Å². The van der Waals surface area contributed by atoms with E-state index in [1.165, 1.54) is 11.8 Å². The first-order valence-electron chi connectivity index (χ1n) is 10.1. The molecule has 1 amide bonds. The molecule has 0 unspecified atom stereocenters. The number of thioether (sulfide) groups is 1. The number of aromatic nitrogens is 4. The summed E-state index contributed by atoms with van der Waals surface area (Å²) in [6.45, 7) is 1.98. The number of carbonyl (C=O) groups is 1. The number of fused-ring (bicyclic) bond motifs is 1. The third kappa shape index (κ3) is 4.93. The van der Waals surface area contributed by atoms with Crippen molar-refractivity contribution in [3.8, 4) is 0 Å². The summed E-state index contributed by atoms with van der Waals surface area (Å²) in [5.41, 5.74) is 0.950. The molecule has 8 nitrogen and oxygen atoms in total. The van der Waals surface area contributed by atoms with Crippen LogP contribution >= 0.6 is 23.1 Å².